The molecule has 0 saturated heterocycles. The number of nitrogens with one attached hydrogen (secondary N) is 1. The molecule has 3 aromatic carbocycles. The predicted molar refractivity (Wildman–Crippen MR) is 132 cm³/mol. The van der Waals surface area contributed by atoms with Crippen molar-refractivity contribution in [2.75, 3.05) is 14.2 Å². The Morgan fingerprint density at radius 3 is 2.41 bits per heavy atom. The monoisotopic (exact) mass is 453 g/mol. The van der Waals surface area contributed by atoms with E-state index in [0.29, 0.717) is 24.0 Å². The molecule has 0 spiro atoms. The Morgan fingerprint density at radius 2 is 1.68 bits per heavy atom. The normalized spacial score (nSPS) is 20.1. The highest BCUT2D eigenvalue weighted by atomic mass is 16.5. The second-order valence-corrected chi connectivity index (χ2v) is 8.85. The standard InChI is InChI=1S/C29H27NO4/c1-17-26(29(32)34-3)27(23-10-6-8-19-7-4-5-9-22(19)23)28-24(30-17)15-20(16-25(28)31)18-11-13-21(33-2)14-12-18/h4-14,20,27,30H,15-16H2,1-3H3/t20-,27-/m0/s1. The molecule has 5 nitrogen and oxygen atoms in total. The lowest BCUT2D eigenvalue weighted by atomic mass is 9.71. The van der Waals surface area contributed by atoms with Crippen LogP contribution in [0.4, 0.5) is 0 Å². The molecule has 1 aliphatic carbocycles. The van der Waals surface area contributed by atoms with Crippen LogP contribution in [-0.4, -0.2) is 26.0 Å². The van der Waals surface area contributed by atoms with Crippen LogP contribution in [0.1, 0.15) is 42.7 Å². The maximum atomic E-state index is 13.7. The van der Waals surface area contributed by atoms with E-state index in [4.69, 9.17) is 9.47 Å². The van der Waals surface area contributed by atoms with Crippen molar-refractivity contribution in [3.8, 4) is 5.75 Å². The minimum absolute atomic E-state index is 0.0569. The van der Waals surface area contributed by atoms with Crippen LogP contribution in [0.2, 0.25) is 0 Å². The van der Waals surface area contributed by atoms with Crippen molar-refractivity contribution < 1.29 is 19.1 Å². The Bertz CT molecular complexity index is 1340. The van der Waals surface area contributed by atoms with E-state index in [1.807, 2.05) is 73.7 Å². The van der Waals surface area contributed by atoms with Crippen molar-refractivity contribution in [1.82, 2.24) is 5.32 Å². The van der Waals surface area contributed by atoms with Gasteiger partial charge in [0.1, 0.15) is 5.75 Å². The molecule has 0 saturated carbocycles. The number of ketones is 1. The molecule has 34 heavy (non-hydrogen) atoms. The smallest absolute Gasteiger partial charge is 0.336 e. The van der Waals surface area contributed by atoms with Gasteiger partial charge in [-0.2, -0.15) is 0 Å². The van der Waals surface area contributed by atoms with Gasteiger partial charge in [0.05, 0.1) is 19.8 Å². The lowest BCUT2D eigenvalue weighted by Crippen LogP contribution is -2.36. The Balaban J connectivity index is 1.64. The van der Waals surface area contributed by atoms with Gasteiger partial charge in [-0.3, -0.25) is 4.79 Å². The molecular formula is C29H27NO4. The van der Waals surface area contributed by atoms with E-state index in [2.05, 4.69) is 5.32 Å². The van der Waals surface area contributed by atoms with Crippen LogP contribution < -0.4 is 10.1 Å². The number of fused-ring (bicyclic) bond motifs is 1. The van der Waals surface area contributed by atoms with Gasteiger partial charge in [-0.05, 0) is 53.3 Å². The number of methoxy groups -OCH3 is 2. The van der Waals surface area contributed by atoms with Crippen LogP contribution in [0, 0.1) is 0 Å². The van der Waals surface area contributed by atoms with Crippen molar-refractivity contribution in [1.29, 1.82) is 0 Å². The van der Waals surface area contributed by atoms with Crippen molar-refractivity contribution >= 4 is 22.5 Å². The molecule has 5 rings (SSSR count). The highest BCUT2D eigenvalue weighted by molar-refractivity contribution is 6.05. The summed E-state index contributed by atoms with van der Waals surface area (Å²) < 4.78 is 10.5. The average Bonchev–Trinajstić information content (AvgIpc) is 2.87. The number of hydrogen-bond donors (Lipinski definition) is 1. The maximum Gasteiger partial charge on any atom is 0.336 e. The first-order chi connectivity index (χ1) is 16.5. The topological polar surface area (TPSA) is 64.6 Å². The van der Waals surface area contributed by atoms with Gasteiger partial charge in [-0.1, -0.05) is 54.6 Å². The fourth-order valence-electron chi connectivity index (χ4n) is 5.34. The first-order valence-corrected chi connectivity index (χ1v) is 11.5. The summed E-state index contributed by atoms with van der Waals surface area (Å²) in [7, 11) is 3.03. The molecule has 2 aliphatic rings. The summed E-state index contributed by atoms with van der Waals surface area (Å²) in [5.41, 5.74) is 4.83. The number of benzene rings is 3. The van der Waals surface area contributed by atoms with Gasteiger partial charge >= 0.3 is 5.97 Å². The van der Waals surface area contributed by atoms with E-state index >= 15 is 0 Å². The van der Waals surface area contributed by atoms with Crippen molar-refractivity contribution in [3.63, 3.8) is 0 Å². The lowest BCUT2D eigenvalue weighted by molar-refractivity contribution is -0.136. The van der Waals surface area contributed by atoms with E-state index in [1.165, 1.54) is 7.11 Å². The summed E-state index contributed by atoms with van der Waals surface area (Å²) in [4.78, 5) is 26.7. The van der Waals surface area contributed by atoms with E-state index in [-0.39, 0.29) is 11.7 Å². The third-order valence-electron chi connectivity index (χ3n) is 6.95. The van der Waals surface area contributed by atoms with Crippen LogP contribution in [0.3, 0.4) is 0 Å². The van der Waals surface area contributed by atoms with Crippen molar-refractivity contribution in [2.24, 2.45) is 0 Å². The highest BCUT2D eigenvalue weighted by Gasteiger charge is 2.41. The van der Waals surface area contributed by atoms with Crippen molar-refractivity contribution in [2.45, 2.75) is 31.6 Å². The second-order valence-electron chi connectivity index (χ2n) is 8.85. The Labute approximate surface area is 199 Å². The summed E-state index contributed by atoms with van der Waals surface area (Å²) in [5, 5.41) is 5.50. The van der Waals surface area contributed by atoms with Crippen molar-refractivity contribution in [3.05, 3.63) is 100 Å². The summed E-state index contributed by atoms with van der Waals surface area (Å²) in [6.45, 7) is 1.88. The van der Waals surface area contributed by atoms with Crippen LogP contribution in [-0.2, 0) is 14.3 Å². The molecule has 0 fully saturated rings. The largest absolute Gasteiger partial charge is 0.497 e. The van der Waals surface area contributed by atoms with E-state index in [1.54, 1.807) is 7.11 Å². The average molecular weight is 454 g/mol. The number of rotatable bonds is 4. The maximum absolute atomic E-state index is 13.7. The summed E-state index contributed by atoms with van der Waals surface area (Å²) >= 11 is 0. The predicted octanol–water partition coefficient (Wildman–Crippen LogP) is 5.38. The Hall–Kier alpha value is -3.86. The second kappa shape index (κ2) is 8.82. The molecule has 0 bridgehead atoms. The van der Waals surface area contributed by atoms with Gasteiger partial charge in [0.25, 0.3) is 0 Å². The Morgan fingerprint density at radius 1 is 0.941 bits per heavy atom. The minimum Gasteiger partial charge on any atom is -0.497 e. The summed E-state index contributed by atoms with van der Waals surface area (Å²) in [6.07, 6.45) is 1.09. The zero-order valence-electron chi connectivity index (χ0n) is 19.6. The molecule has 1 heterocycles. The summed E-state index contributed by atoms with van der Waals surface area (Å²) in [5.74, 6) is 0.0180. The molecule has 1 N–H and O–H groups in total. The van der Waals surface area contributed by atoms with Gasteiger partial charge in [-0.25, -0.2) is 4.79 Å². The first kappa shape index (κ1) is 22.0. The zero-order chi connectivity index (χ0) is 23.8. The molecule has 3 aromatic rings. The third kappa shape index (κ3) is 3.67. The fourth-order valence-corrected chi connectivity index (χ4v) is 5.34. The first-order valence-electron chi connectivity index (χ1n) is 11.5. The lowest BCUT2D eigenvalue weighted by Gasteiger charge is -2.37. The molecule has 2 atom stereocenters. The fraction of sp³-hybridized carbons (Fsp3) is 0.241. The number of esters is 1. The molecular weight excluding hydrogens is 426 g/mol. The van der Waals surface area contributed by atoms with Gasteiger partial charge in [0.15, 0.2) is 5.78 Å². The number of Topliss-reactive ketones (excluding diaryl/α,β-unsaturated/α-hetero) is 1. The van der Waals surface area contributed by atoms with Gasteiger partial charge in [-0.15, -0.1) is 0 Å². The van der Waals surface area contributed by atoms with E-state index < -0.39 is 11.9 Å². The van der Waals surface area contributed by atoms with Gasteiger partial charge in [0.2, 0.25) is 0 Å². The van der Waals surface area contributed by atoms with E-state index in [9.17, 15) is 9.59 Å². The van der Waals surface area contributed by atoms with Gasteiger partial charge < -0.3 is 14.8 Å². The quantitative estimate of drug-likeness (QED) is 0.537. The molecule has 0 aromatic heterocycles. The molecule has 1 aliphatic heterocycles. The molecule has 0 amide bonds. The Kier molecular flexibility index (Phi) is 5.70. The van der Waals surface area contributed by atoms with Crippen LogP contribution in [0.15, 0.2) is 89.3 Å². The van der Waals surface area contributed by atoms with Crippen LogP contribution >= 0.6 is 0 Å². The van der Waals surface area contributed by atoms with E-state index in [0.717, 1.165) is 39.0 Å². The molecule has 5 heteroatoms. The molecule has 172 valence electrons. The number of dihydropyridines is 1. The molecule has 0 unspecified atom stereocenters. The number of carbonyl (C=O) groups excluding carboxylic acids is 2. The summed E-state index contributed by atoms with van der Waals surface area (Å²) in [6, 6.07) is 22.0. The number of allylic oxidation sites excluding steroid dienone is 3. The third-order valence-corrected chi connectivity index (χ3v) is 6.95. The molecule has 0 radical (unpaired) electrons. The van der Waals surface area contributed by atoms with Crippen LogP contribution in [0.5, 0.6) is 5.75 Å². The number of hydrogen-bond acceptors (Lipinski definition) is 5. The van der Waals surface area contributed by atoms with Crippen LogP contribution in [0.25, 0.3) is 10.8 Å². The van der Waals surface area contributed by atoms with Gasteiger partial charge in [0, 0.05) is 29.3 Å². The zero-order valence-corrected chi connectivity index (χ0v) is 19.6. The SMILES string of the molecule is COC(=O)C1=C(C)NC2=C(C(=O)C[C@@H](c3ccc(OC)cc3)C2)[C@H]1c1cccc2ccccc12. The highest BCUT2D eigenvalue weighted by Crippen LogP contribution is 2.47. The number of ether oxygens (including phenoxy) is 2. The minimum atomic E-state index is -0.473. The number of carbonyl (C=O) groups is 2.